The maximum Gasteiger partial charge on any atom is 0.253 e. The Bertz CT molecular complexity index is 522. The quantitative estimate of drug-likeness (QED) is 0.749. The molecule has 2 aromatic rings. The van der Waals surface area contributed by atoms with Gasteiger partial charge in [-0.1, -0.05) is 6.07 Å². The predicted octanol–water partition coefficient (Wildman–Crippen LogP) is 2.11. The van der Waals surface area contributed by atoms with Crippen LogP contribution in [-0.4, -0.2) is 4.57 Å². The SMILES string of the molecule is Cc1ccc(Cn2cccc(C)c2=O)o1. The zero-order valence-electron chi connectivity index (χ0n) is 8.86. The summed E-state index contributed by atoms with van der Waals surface area (Å²) in [5.41, 5.74) is 0.785. The van der Waals surface area contributed by atoms with Crippen molar-refractivity contribution in [2.45, 2.75) is 20.4 Å². The molecule has 0 saturated heterocycles. The van der Waals surface area contributed by atoms with Gasteiger partial charge in [-0.05, 0) is 32.0 Å². The zero-order valence-corrected chi connectivity index (χ0v) is 8.86. The zero-order chi connectivity index (χ0) is 10.8. The van der Waals surface area contributed by atoms with Crippen molar-refractivity contribution in [3.8, 4) is 0 Å². The second-order valence-electron chi connectivity index (χ2n) is 3.64. The fraction of sp³-hybridized carbons (Fsp3) is 0.250. The second-order valence-corrected chi connectivity index (χ2v) is 3.64. The Labute approximate surface area is 88.0 Å². The van der Waals surface area contributed by atoms with E-state index in [1.165, 1.54) is 0 Å². The van der Waals surface area contributed by atoms with Gasteiger partial charge in [0, 0.05) is 11.8 Å². The second kappa shape index (κ2) is 3.77. The molecule has 2 rings (SSSR count). The number of nitrogens with zero attached hydrogens (tertiary/aromatic N) is 1. The van der Waals surface area contributed by atoms with Gasteiger partial charge in [-0.15, -0.1) is 0 Å². The largest absolute Gasteiger partial charge is 0.464 e. The van der Waals surface area contributed by atoms with Crippen molar-refractivity contribution < 1.29 is 4.42 Å². The first-order valence-corrected chi connectivity index (χ1v) is 4.88. The van der Waals surface area contributed by atoms with Gasteiger partial charge in [0.15, 0.2) is 0 Å². The Morgan fingerprint density at radius 2 is 2.07 bits per heavy atom. The Morgan fingerprint density at radius 3 is 2.73 bits per heavy atom. The summed E-state index contributed by atoms with van der Waals surface area (Å²) in [6, 6.07) is 7.47. The van der Waals surface area contributed by atoms with Gasteiger partial charge in [-0.2, -0.15) is 0 Å². The van der Waals surface area contributed by atoms with Crippen molar-refractivity contribution in [3.05, 3.63) is 57.9 Å². The maximum absolute atomic E-state index is 11.7. The third-order valence-corrected chi connectivity index (χ3v) is 2.33. The van der Waals surface area contributed by atoms with E-state index in [1.807, 2.05) is 38.1 Å². The van der Waals surface area contributed by atoms with Crippen LogP contribution in [0.3, 0.4) is 0 Å². The summed E-state index contributed by atoms with van der Waals surface area (Å²) in [6.45, 7) is 4.20. The fourth-order valence-corrected chi connectivity index (χ4v) is 1.52. The molecule has 0 spiro atoms. The molecule has 3 nitrogen and oxygen atoms in total. The first kappa shape index (κ1) is 9.77. The topological polar surface area (TPSA) is 35.1 Å². The highest BCUT2D eigenvalue weighted by Crippen LogP contribution is 2.07. The molecule has 0 bridgehead atoms. The van der Waals surface area contributed by atoms with Gasteiger partial charge in [-0.25, -0.2) is 0 Å². The average molecular weight is 203 g/mol. The van der Waals surface area contributed by atoms with E-state index in [0.717, 1.165) is 17.1 Å². The third kappa shape index (κ3) is 2.01. The minimum absolute atomic E-state index is 0.0338. The van der Waals surface area contributed by atoms with Crippen LogP contribution in [0, 0.1) is 13.8 Å². The van der Waals surface area contributed by atoms with Gasteiger partial charge in [-0.3, -0.25) is 4.79 Å². The molecule has 3 heteroatoms. The molecule has 78 valence electrons. The molecule has 0 fully saturated rings. The maximum atomic E-state index is 11.7. The highest BCUT2D eigenvalue weighted by Gasteiger charge is 2.02. The first-order chi connectivity index (χ1) is 7.16. The number of rotatable bonds is 2. The van der Waals surface area contributed by atoms with Crippen LogP contribution < -0.4 is 5.56 Å². The molecular formula is C12H13NO2. The standard InChI is InChI=1S/C12H13NO2/c1-9-4-3-7-13(12(9)14)8-11-6-5-10(2)15-11/h3-7H,8H2,1-2H3. The summed E-state index contributed by atoms with van der Waals surface area (Å²) in [6.07, 6.45) is 1.77. The molecule has 0 atom stereocenters. The monoisotopic (exact) mass is 203 g/mol. The molecule has 2 heterocycles. The molecule has 0 aromatic carbocycles. The molecular weight excluding hydrogens is 190 g/mol. The minimum atomic E-state index is 0.0338. The van der Waals surface area contributed by atoms with Crippen LogP contribution in [0.2, 0.25) is 0 Å². The molecule has 15 heavy (non-hydrogen) atoms. The van der Waals surface area contributed by atoms with E-state index in [2.05, 4.69) is 0 Å². The minimum Gasteiger partial charge on any atom is -0.464 e. The number of aromatic nitrogens is 1. The highest BCUT2D eigenvalue weighted by molar-refractivity contribution is 5.10. The molecule has 0 N–H and O–H groups in total. The molecule has 0 radical (unpaired) electrons. The van der Waals surface area contributed by atoms with Crippen LogP contribution >= 0.6 is 0 Å². The molecule has 2 aromatic heterocycles. The smallest absolute Gasteiger partial charge is 0.253 e. The van der Waals surface area contributed by atoms with Crippen LogP contribution in [0.4, 0.5) is 0 Å². The number of aryl methyl sites for hydroxylation is 2. The highest BCUT2D eigenvalue weighted by atomic mass is 16.3. The van der Waals surface area contributed by atoms with E-state index in [-0.39, 0.29) is 5.56 Å². The van der Waals surface area contributed by atoms with E-state index in [9.17, 15) is 4.79 Å². The third-order valence-electron chi connectivity index (χ3n) is 2.33. The summed E-state index contributed by atoms with van der Waals surface area (Å²) in [7, 11) is 0. The fourth-order valence-electron chi connectivity index (χ4n) is 1.52. The molecule has 0 aliphatic rings. The molecule has 0 saturated carbocycles. The molecule has 0 amide bonds. The van der Waals surface area contributed by atoms with E-state index >= 15 is 0 Å². The number of hydrogen-bond donors (Lipinski definition) is 0. The predicted molar refractivity (Wildman–Crippen MR) is 58.0 cm³/mol. The van der Waals surface area contributed by atoms with Crippen LogP contribution in [0.25, 0.3) is 0 Å². The Balaban J connectivity index is 2.32. The van der Waals surface area contributed by atoms with Crippen molar-refractivity contribution in [2.75, 3.05) is 0 Å². The summed E-state index contributed by atoms with van der Waals surface area (Å²) in [5, 5.41) is 0. The average Bonchev–Trinajstić information content (AvgIpc) is 2.59. The van der Waals surface area contributed by atoms with Crippen LogP contribution in [0.5, 0.6) is 0 Å². The Kier molecular flexibility index (Phi) is 2.46. The Morgan fingerprint density at radius 1 is 1.27 bits per heavy atom. The van der Waals surface area contributed by atoms with Gasteiger partial charge in [0.25, 0.3) is 5.56 Å². The summed E-state index contributed by atoms with van der Waals surface area (Å²) >= 11 is 0. The van der Waals surface area contributed by atoms with Gasteiger partial charge in [0.2, 0.25) is 0 Å². The lowest BCUT2D eigenvalue weighted by Crippen LogP contribution is -2.21. The summed E-state index contributed by atoms with van der Waals surface area (Å²) in [5.74, 6) is 1.67. The van der Waals surface area contributed by atoms with Crippen molar-refractivity contribution in [3.63, 3.8) is 0 Å². The van der Waals surface area contributed by atoms with Crippen molar-refractivity contribution in [1.29, 1.82) is 0 Å². The summed E-state index contributed by atoms with van der Waals surface area (Å²) in [4.78, 5) is 11.7. The lowest BCUT2D eigenvalue weighted by Gasteiger charge is -2.03. The first-order valence-electron chi connectivity index (χ1n) is 4.88. The lowest BCUT2D eigenvalue weighted by atomic mass is 10.3. The van der Waals surface area contributed by atoms with Crippen LogP contribution in [0.1, 0.15) is 17.1 Å². The van der Waals surface area contributed by atoms with Crippen molar-refractivity contribution in [1.82, 2.24) is 4.57 Å². The summed E-state index contributed by atoms with van der Waals surface area (Å²) < 4.78 is 7.07. The van der Waals surface area contributed by atoms with E-state index in [1.54, 1.807) is 10.8 Å². The lowest BCUT2D eigenvalue weighted by molar-refractivity contribution is 0.467. The molecule has 0 aliphatic heterocycles. The Hall–Kier alpha value is -1.77. The number of furan rings is 1. The van der Waals surface area contributed by atoms with Crippen LogP contribution in [0.15, 0.2) is 39.7 Å². The van der Waals surface area contributed by atoms with E-state index < -0.39 is 0 Å². The van der Waals surface area contributed by atoms with Gasteiger partial charge < -0.3 is 8.98 Å². The van der Waals surface area contributed by atoms with Gasteiger partial charge >= 0.3 is 0 Å². The van der Waals surface area contributed by atoms with Gasteiger partial charge in [0.05, 0.1) is 6.54 Å². The van der Waals surface area contributed by atoms with Gasteiger partial charge in [0.1, 0.15) is 11.5 Å². The number of hydrogen-bond acceptors (Lipinski definition) is 2. The van der Waals surface area contributed by atoms with Crippen LogP contribution in [-0.2, 0) is 6.54 Å². The molecule has 0 unspecified atom stereocenters. The molecule has 0 aliphatic carbocycles. The van der Waals surface area contributed by atoms with E-state index in [0.29, 0.717) is 6.54 Å². The number of pyridine rings is 1. The van der Waals surface area contributed by atoms with E-state index in [4.69, 9.17) is 4.42 Å². The van der Waals surface area contributed by atoms with Crippen molar-refractivity contribution >= 4 is 0 Å². The van der Waals surface area contributed by atoms with Crippen molar-refractivity contribution in [2.24, 2.45) is 0 Å². The normalized spacial score (nSPS) is 10.5.